The first-order chi connectivity index (χ1) is 12.4. The first-order valence-electron chi connectivity index (χ1n) is 8.22. The lowest BCUT2D eigenvalue weighted by Crippen LogP contribution is -2.22. The van der Waals surface area contributed by atoms with Gasteiger partial charge in [-0.25, -0.2) is 0 Å². The van der Waals surface area contributed by atoms with Crippen molar-refractivity contribution in [3.63, 3.8) is 0 Å². The molecule has 0 fully saturated rings. The standard InChI is InChI=1S/C18H20ClN5O2/c1-9-6-7-11(19)8-13(9)22-17(25)16-10(2)15-12(23-24-18(20)21)4-3-5-14(15)26-16/h6-8H,3-5H2,1-2H3,(H,22,25)(H4,20,21,24)/b23-12+. The van der Waals surface area contributed by atoms with Crippen molar-refractivity contribution in [3.8, 4) is 0 Å². The number of amides is 1. The number of furan rings is 1. The zero-order valence-corrected chi connectivity index (χ0v) is 15.4. The molecular weight excluding hydrogens is 354 g/mol. The van der Waals surface area contributed by atoms with Crippen LogP contribution in [0.2, 0.25) is 5.02 Å². The zero-order valence-electron chi connectivity index (χ0n) is 14.6. The molecule has 5 N–H and O–H groups in total. The third-order valence-corrected chi connectivity index (χ3v) is 4.50. The molecule has 136 valence electrons. The van der Waals surface area contributed by atoms with Crippen LogP contribution in [0.15, 0.2) is 32.8 Å². The van der Waals surface area contributed by atoms with E-state index in [0.717, 1.165) is 47.4 Å². The lowest BCUT2D eigenvalue weighted by Gasteiger charge is -2.11. The molecule has 1 aliphatic carbocycles. The van der Waals surface area contributed by atoms with E-state index in [-0.39, 0.29) is 17.6 Å². The van der Waals surface area contributed by atoms with Gasteiger partial charge in [-0.2, -0.15) is 5.10 Å². The van der Waals surface area contributed by atoms with Gasteiger partial charge in [-0.3, -0.25) is 4.79 Å². The SMILES string of the molecule is Cc1ccc(Cl)cc1NC(=O)c1oc2c(c1C)/C(=N/N=C(N)N)CCC2. The Hall–Kier alpha value is -2.80. The molecule has 26 heavy (non-hydrogen) atoms. The predicted molar refractivity (Wildman–Crippen MR) is 103 cm³/mol. The van der Waals surface area contributed by atoms with E-state index in [0.29, 0.717) is 10.7 Å². The van der Waals surface area contributed by atoms with Crippen molar-refractivity contribution >= 4 is 34.9 Å². The Labute approximate surface area is 156 Å². The molecule has 0 atom stereocenters. The summed E-state index contributed by atoms with van der Waals surface area (Å²) in [6, 6.07) is 5.33. The molecule has 0 saturated heterocycles. The summed E-state index contributed by atoms with van der Waals surface area (Å²) < 4.78 is 5.84. The Bertz CT molecular complexity index is 926. The molecule has 1 aliphatic rings. The van der Waals surface area contributed by atoms with Gasteiger partial charge in [0, 0.05) is 28.3 Å². The molecule has 1 aromatic carbocycles. The highest BCUT2D eigenvalue weighted by Gasteiger charge is 2.28. The van der Waals surface area contributed by atoms with Crippen molar-refractivity contribution in [2.75, 3.05) is 5.32 Å². The number of hydrogen-bond donors (Lipinski definition) is 3. The van der Waals surface area contributed by atoms with Crippen LogP contribution in [0.1, 0.15) is 45.8 Å². The number of guanidine groups is 1. The van der Waals surface area contributed by atoms with Crippen molar-refractivity contribution in [1.29, 1.82) is 0 Å². The van der Waals surface area contributed by atoms with Crippen LogP contribution >= 0.6 is 11.6 Å². The molecule has 1 aromatic heterocycles. The van der Waals surface area contributed by atoms with Crippen LogP contribution in [-0.2, 0) is 6.42 Å². The van der Waals surface area contributed by atoms with E-state index >= 15 is 0 Å². The smallest absolute Gasteiger partial charge is 0.291 e. The molecular formula is C18H20ClN5O2. The number of fused-ring (bicyclic) bond motifs is 1. The zero-order chi connectivity index (χ0) is 18.8. The van der Waals surface area contributed by atoms with Gasteiger partial charge in [0.1, 0.15) is 5.76 Å². The highest BCUT2D eigenvalue weighted by molar-refractivity contribution is 6.31. The summed E-state index contributed by atoms with van der Waals surface area (Å²) in [4.78, 5) is 12.7. The fourth-order valence-corrected chi connectivity index (χ4v) is 3.18. The van der Waals surface area contributed by atoms with Crippen LogP contribution in [0, 0.1) is 13.8 Å². The van der Waals surface area contributed by atoms with Gasteiger partial charge in [0.25, 0.3) is 5.91 Å². The van der Waals surface area contributed by atoms with Gasteiger partial charge in [0.15, 0.2) is 5.76 Å². The Morgan fingerprint density at radius 2 is 2.04 bits per heavy atom. The number of rotatable bonds is 3. The molecule has 1 amide bonds. The lowest BCUT2D eigenvalue weighted by molar-refractivity contribution is 0.0994. The third-order valence-electron chi connectivity index (χ3n) is 4.27. The number of nitrogens with zero attached hydrogens (tertiary/aromatic N) is 2. The number of carbonyl (C=O) groups is 1. The molecule has 1 heterocycles. The average molecular weight is 374 g/mol. The van der Waals surface area contributed by atoms with Crippen LogP contribution < -0.4 is 16.8 Å². The number of anilines is 1. The molecule has 8 heteroatoms. The fourth-order valence-electron chi connectivity index (χ4n) is 3.01. The third kappa shape index (κ3) is 3.57. The van der Waals surface area contributed by atoms with Crippen LogP contribution in [0.5, 0.6) is 0 Å². The van der Waals surface area contributed by atoms with Crippen LogP contribution in [0.25, 0.3) is 0 Å². The minimum Gasteiger partial charge on any atom is -0.455 e. The molecule has 0 bridgehead atoms. The van der Waals surface area contributed by atoms with E-state index in [9.17, 15) is 4.79 Å². The van der Waals surface area contributed by atoms with Gasteiger partial charge >= 0.3 is 0 Å². The van der Waals surface area contributed by atoms with Crippen molar-refractivity contribution in [3.05, 3.63) is 51.4 Å². The average Bonchev–Trinajstić information content (AvgIpc) is 2.94. The largest absolute Gasteiger partial charge is 0.455 e. The summed E-state index contributed by atoms with van der Waals surface area (Å²) in [5.41, 5.74) is 14.5. The van der Waals surface area contributed by atoms with Crippen molar-refractivity contribution < 1.29 is 9.21 Å². The van der Waals surface area contributed by atoms with Gasteiger partial charge in [0.2, 0.25) is 5.96 Å². The molecule has 3 rings (SSSR count). The topological polar surface area (TPSA) is 119 Å². The molecule has 0 unspecified atom stereocenters. The van der Waals surface area contributed by atoms with Crippen LogP contribution in [0.3, 0.4) is 0 Å². The number of halogens is 1. The Kier molecular flexibility index (Phi) is 4.99. The van der Waals surface area contributed by atoms with E-state index in [4.69, 9.17) is 27.5 Å². The number of nitrogens with two attached hydrogens (primary N) is 2. The van der Waals surface area contributed by atoms with E-state index < -0.39 is 0 Å². The van der Waals surface area contributed by atoms with Crippen LogP contribution in [0.4, 0.5) is 5.69 Å². The maximum Gasteiger partial charge on any atom is 0.291 e. The summed E-state index contributed by atoms with van der Waals surface area (Å²) in [5, 5.41) is 11.3. The van der Waals surface area contributed by atoms with Crippen molar-refractivity contribution in [2.45, 2.75) is 33.1 Å². The van der Waals surface area contributed by atoms with Gasteiger partial charge in [-0.15, -0.1) is 5.10 Å². The second-order valence-corrected chi connectivity index (χ2v) is 6.63. The lowest BCUT2D eigenvalue weighted by atomic mass is 9.93. The highest BCUT2D eigenvalue weighted by atomic mass is 35.5. The summed E-state index contributed by atoms with van der Waals surface area (Å²) in [6.45, 7) is 3.73. The van der Waals surface area contributed by atoms with E-state index in [1.807, 2.05) is 19.9 Å². The fraction of sp³-hybridized carbons (Fsp3) is 0.278. The van der Waals surface area contributed by atoms with E-state index in [1.54, 1.807) is 12.1 Å². The second kappa shape index (κ2) is 7.21. The summed E-state index contributed by atoms with van der Waals surface area (Å²) in [5.74, 6) is 0.545. The van der Waals surface area contributed by atoms with Crippen molar-refractivity contribution in [2.24, 2.45) is 21.7 Å². The molecule has 0 saturated carbocycles. The van der Waals surface area contributed by atoms with E-state index in [2.05, 4.69) is 15.5 Å². The van der Waals surface area contributed by atoms with Gasteiger partial charge in [0.05, 0.1) is 5.71 Å². The number of nitrogens with one attached hydrogen (secondary N) is 1. The molecule has 2 aromatic rings. The summed E-state index contributed by atoms with van der Waals surface area (Å²) in [7, 11) is 0. The quantitative estimate of drug-likeness (QED) is 0.435. The molecule has 0 radical (unpaired) electrons. The number of benzene rings is 1. The number of hydrogen-bond acceptors (Lipinski definition) is 4. The van der Waals surface area contributed by atoms with Gasteiger partial charge in [-0.1, -0.05) is 17.7 Å². The minimum absolute atomic E-state index is 0.111. The van der Waals surface area contributed by atoms with Gasteiger partial charge < -0.3 is 21.2 Å². The van der Waals surface area contributed by atoms with Gasteiger partial charge in [-0.05, 0) is 44.4 Å². The maximum absolute atomic E-state index is 12.7. The highest BCUT2D eigenvalue weighted by Crippen LogP contribution is 2.31. The number of carbonyl (C=O) groups excluding carboxylic acids is 1. The Balaban J connectivity index is 1.95. The minimum atomic E-state index is -0.330. The monoisotopic (exact) mass is 373 g/mol. The normalized spacial score (nSPS) is 14.8. The van der Waals surface area contributed by atoms with E-state index in [1.165, 1.54) is 0 Å². The number of aryl methyl sites for hydroxylation is 2. The summed E-state index contributed by atoms with van der Waals surface area (Å²) >= 11 is 6.02. The second-order valence-electron chi connectivity index (χ2n) is 6.19. The molecule has 7 nitrogen and oxygen atoms in total. The molecule has 0 aliphatic heterocycles. The van der Waals surface area contributed by atoms with Crippen molar-refractivity contribution in [1.82, 2.24) is 0 Å². The molecule has 0 spiro atoms. The first-order valence-corrected chi connectivity index (χ1v) is 8.60. The summed E-state index contributed by atoms with van der Waals surface area (Å²) in [6.07, 6.45) is 2.31. The maximum atomic E-state index is 12.7. The Morgan fingerprint density at radius 1 is 1.27 bits per heavy atom. The predicted octanol–water partition coefficient (Wildman–Crippen LogP) is 3.12. The first kappa shape index (κ1) is 18.0. The van der Waals surface area contributed by atoms with Crippen LogP contribution in [-0.4, -0.2) is 17.6 Å². The Morgan fingerprint density at radius 3 is 2.77 bits per heavy atom.